The van der Waals surface area contributed by atoms with Crippen LogP contribution in [0.3, 0.4) is 0 Å². The van der Waals surface area contributed by atoms with Gasteiger partial charge in [-0.3, -0.25) is 0 Å². The van der Waals surface area contributed by atoms with Gasteiger partial charge in [-0.05, 0) is 26.0 Å². The standard InChI is InChI=1S/C10H15N.9H2O/c1-9(11-2)8-10-6-4-3-5-7-10;;;;;;;;;/h3-7,9,11H,8H2,1-2H3;9*1H2/t9-;;;;;;;;;/m0........./s1. The molecule has 1 aromatic rings. The monoisotopic (exact) mass is 311 g/mol. The van der Waals surface area contributed by atoms with Crippen molar-refractivity contribution in [2.45, 2.75) is 19.4 Å². The Labute approximate surface area is 118 Å². The molecule has 0 bridgehead atoms. The van der Waals surface area contributed by atoms with Crippen molar-refractivity contribution in [1.29, 1.82) is 0 Å². The van der Waals surface area contributed by atoms with E-state index in [9.17, 15) is 0 Å². The number of nitrogens with one attached hydrogen (secondary N) is 1. The fourth-order valence-corrected chi connectivity index (χ4v) is 1.07. The summed E-state index contributed by atoms with van der Waals surface area (Å²) in [4.78, 5) is 0. The SMILES string of the molecule is CN[C@@H](C)Cc1ccccc1.O.O.O.O.O.O.O.O.O. The first-order valence-electron chi connectivity index (χ1n) is 4.04. The maximum absolute atomic E-state index is 3.21. The van der Waals surface area contributed by atoms with Gasteiger partial charge in [0, 0.05) is 6.04 Å². The third-order valence-electron chi connectivity index (χ3n) is 1.88. The van der Waals surface area contributed by atoms with Crippen molar-refractivity contribution in [3.8, 4) is 0 Å². The highest BCUT2D eigenvalue weighted by Gasteiger charge is 1.97. The van der Waals surface area contributed by atoms with Gasteiger partial charge in [0.1, 0.15) is 0 Å². The molecular weight excluding hydrogens is 278 g/mol. The molecule has 0 aromatic heterocycles. The minimum Gasteiger partial charge on any atom is -0.412 e. The lowest BCUT2D eigenvalue weighted by Gasteiger charge is -2.08. The van der Waals surface area contributed by atoms with Gasteiger partial charge in [-0.1, -0.05) is 30.3 Å². The molecule has 132 valence electrons. The highest BCUT2D eigenvalue weighted by atomic mass is 16.0. The van der Waals surface area contributed by atoms with E-state index in [2.05, 4.69) is 36.5 Å². The number of benzene rings is 1. The molecule has 0 spiro atoms. The quantitative estimate of drug-likeness (QED) is 0.560. The van der Waals surface area contributed by atoms with Gasteiger partial charge < -0.3 is 54.6 Å². The minimum atomic E-state index is 0. The highest BCUT2D eigenvalue weighted by Crippen LogP contribution is 2.01. The molecule has 10 heteroatoms. The van der Waals surface area contributed by atoms with E-state index < -0.39 is 0 Å². The number of hydrogen-bond donors (Lipinski definition) is 1. The molecule has 0 fully saturated rings. The third-order valence-corrected chi connectivity index (χ3v) is 1.88. The first-order chi connectivity index (χ1) is 5.33. The second-order valence-corrected chi connectivity index (χ2v) is 2.88. The lowest BCUT2D eigenvalue weighted by molar-refractivity contribution is 0.608. The van der Waals surface area contributed by atoms with Crippen LogP contribution in [-0.2, 0) is 6.42 Å². The molecule has 0 aliphatic rings. The number of hydrogen-bond acceptors (Lipinski definition) is 1. The smallest absolute Gasteiger partial charge is 0.00761 e. The van der Waals surface area contributed by atoms with Crippen molar-refractivity contribution in [3.05, 3.63) is 35.9 Å². The van der Waals surface area contributed by atoms with Crippen LogP contribution < -0.4 is 5.32 Å². The van der Waals surface area contributed by atoms with Crippen molar-refractivity contribution >= 4 is 0 Å². The summed E-state index contributed by atoms with van der Waals surface area (Å²) in [5, 5.41) is 3.21. The van der Waals surface area contributed by atoms with Crippen LogP contribution in [0.1, 0.15) is 12.5 Å². The van der Waals surface area contributed by atoms with Gasteiger partial charge in [-0.25, -0.2) is 0 Å². The summed E-state index contributed by atoms with van der Waals surface area (Å²) in [5.41, 5.74) is 1.40. The average molecular weight is 311 g/mol. The Morgan fingerprint density at radius 3 is 1.40 bits per heavy atom. The molecule has 0 heterocycles. The molecule has 20 heavy (non-hydrogen) atoms. The lowest BCUT2D eigenvalue weighted by Crippen LogP contribution is -2.23. The number of likely N-dealkylation sites (N-methyl/N-ethyl adjacent to an activating group) is 1. The highest BCUT2D eigenvalue weighted by molar-refractivity contribution is 5.15. The van der Waals surface area contributed by atoms with Crippen LogP contribution in [0.4, 0.5) is 0 Å². The summed E-state index contributed by atoms with van der Waals surface area (Å²) in [6, 6.07) is 11.1. The Morgan fingerprint density at radius 2 is 1.10 bits per heavy atom. The summed E-state index contributed by atoms with van der Waals surface area (Å²) in [6.07, 6.45) is 1.11. The molecule has 0 unspecified atom stereocenters. The van der Waals surface area contributed by atoms with E-state index in [1.165, 1.54) is 5.56 Å². The Bertz CT molecular complexity index is 213. The molecule has 0 aliphatic carbocycles. The third kappa shape index (κ3) is 25.6. The Hall–Kier alpha value is -1.18. The van der Waals surface area contributed by atoms with Crippen LogP contribution in [-0.4, -0.2) is 62.4 Å². The summed E-state index contributed by atoms with van der Waals surface area (Å²) >= 11 is 0. The van der Waals surface area contributed by atoms with Gasteiger partial charge in [0.2, 0.25) is 0 Å². The maximum Gasteiger partial charge on any atom is 0.00761 e. The number of rotatable bonds is 3. The van der Waals surface area contributed by atoms with Gasteiger partial charge in [-0.2, -0.15) is 0 Å². The van der Waals surface area contributed by atoms with Crippen LogP contribution in [0.25, 0.3) is 0 Å². The summed E-state index contributed by atoms with van der Waals surface area (Å²) in [6.45, 7) is 2.19. The van der Waals surface area contributed by atoms with Crippen molar-refractivity contribution in [1.82, 2.24) is 5.32 Å². The maximum atomic E-state index is 3.21. The minimum absolute atomic E-state index is 0. The van der Waals surface area contributed by atoms with Gasteiger partial charge in [0.05, 0.1) is 0 Å². The molecular formula is C10H33NO9. The molecule has 1 aromatic carbocycles. The first kappa shape index (κ1) is 62.0. The molecule has 19 N–H and O–H groups in total. The molecule has 0 saturated carbocycles. The predicted molar refractivity (Wildman–Crippen MR) is 81.2 cm³/mol. The van der Waals surface area contributed by atoms with E-state index >= 15 is 0 Å². The zero-order valence-electron chi connectivity index (χ0n) is 11.7. The Balaban J connectivity index is -0.0000000192. The van der Waals surface area contributed by atoms with Gasteiger partial charge >= 0.3 is 0 Å². The molecule has 1 atom stereocenters. The van der Waals surface area contributed by atoms with Crippen molar-refractivity contribution < 1.29 is 49.3 Å². The average Bonchev–Trinajstić information content (AvgIpc) is 2.06. The zero-order chi connectivity index (χ0) is 8.10. The first-order valence-corrected chi connectivity index (χ1v) is 4.04. The van der Waals surface area contributed by atoms with Crippen LogP contribution in [0.2, 0.25) is 0 Å². The molecule has 0 amide bonds. The molecule has 0 radical (unpaired) electrons. The fourth-order valence-electron chi connectivity index (χ4n) is 1.07. The fraction of sp³-hybridized carbons (Fsp3) is 0.400. The van der Waals surface area contributed by atoms with Crippen molar-refractivity contribution in [2.24, 2.45) is 0 Å². The van der Waals surface area contributed by atoms with Crippen LogP contribution in [0, 0.1) is 0 Å². The van der Waals surface area contributed by atoms with E-state index in [1.54, 1.807) is 0 Å². The van der Waals surface area contributed by atoms with Crippen LogP contribution in [0.15, 0.2) is 30.3 Å². The molecule has 0 aliphatic heterocycles. The second kappa shape index (κ2) is 36.1. The van der Waals surface area contributed by atoms with Gasteiger partial charge in [-0.15, -0.1) is 0 Å². The normalized spacial score (nSPS) is 7.10. The van der Waals surface area contributed by atoms with E-state index in [-0.39, 0.29) is 49.3 Å². The molecule has 0 saturated heterocycles. The summed E-state index contributed by atoms with van der Waals surface area (Å²) < 4.78 is 0. The van der Waals surface area contributed by atoms with Crippen molar-refractivity contribution in [3.63, 3.8) is 0 Å². The van der Waals surface area contributed by atoms with E-state index in [4.69, 9.17) is 0 Å². The van der Waals surface area contributed by atoms with E-state index in [1.807, 2.05) is 13.1 Å². The molecule has 10 nitrogen and oxygen atoms in total. The molecule has 1 rings (SSSR count). The van der Waals surface area contributed by atoms with E-state index in [0.29, 0.717) is 6.04 Å². The summed E-state index contributed by atoms with van der Waals surface area (Å²) in [5.74, 6) is 0. The Kier molecular flexibility index (Phi) is 112. The van der Waals surface area contributed by atoms with E-state index in [0.717, 1.165) is 6.42 Å². The summed E-state index contributed by atoms with van der Waals surface area (Å²) in [7, 11) is 1.99. The lowest BCUT2D eigenvalue weighted by atomic mass is 10.1. The van der Waals surface area contributed by atoms with Gasteiger partial charge in [0.15, 0.2) is 0 Å². The Morgan fingerprint density at radius 1 is 0.750 bits per heavy atom. The van der Waals surface area contributed by atoms with Crippen LogP contribution in [0.5, 0.6) is 0 Å². The zero-order valence-corrected chi connectivity index (χ0v) is 11.7. The second-order valence-electron chi connectivity index (χ2n) is 2.88. The van der Waals surface area contributed by atoms with Crippen molar-refractivity contribution in [2.75, 3.05) is 7.05 Å². The topological polar surface area (TPSA) is 296 Å². The largest absolute Gasteiger partial charge is 0.412 e. The van der Waals surface area contributed by atoms with Crippen LogP contribution >= 0.6 is 0 Å². The van der Waals surface area contributed by atoms with Gasteiger partial charge in [0.25, 0.3) is 0 Å². The predicted octanol–water partition coefficient (Wildman–Crippen LogP) is -5.59.